The van der Waals surface area contributed by atoms with E-state index in [2.05, 4.69) is 9.97 Å². The van der Waals surface area contributed by atoms with Crippen LogP contribution in [-0.4, -0.2) is 29.8 Å². The summed E-state index contributed by atoms with van der Waals surface area (Å²) in [6, 6.07) is 11.1. The van der Waals surface area contributed by atoms with E-state index in [1.54, 1.807) is 30.3 Å². The quantitative estimate of drug-likeness (QED) is 0.358. The van der Waals surface area contributed by atoms with Gasteiger partial charge in [0.15, 0.2) is 12.5 Å². The number of fused-ring (bicyclic) bond motifs is 2. The van der Waals surface area contributed by atoms with Crippen LogP contribution in [0, 0.1) is 5.82 Å². The van der Waals surface area contributed by atoms with Gasteiger partial charge in [-0.25, -0.2) is 14.2 Å². The summed E-state index contributed by atoms with van der Waals surface area (Å²) in [7, 11) is 1.42. The molecule has 4 aromatic rings. The summed E-state index contributed by atoms with van der Waals surface area (Å²) in [5, 5.41) is 0.298. The van der Waals surface area contributed by atoms with Crippen LogP contribution in [0.5, 0.6) is 11.5 Å². The van der Waals surface area contributed by atoms with Crippen LogP contribution < -0.4 is 20.1 Å². The summed E-state index contributed by atoms with van der Waals surface area (Å²) in [6.45, 7) is -0.0829. The molecule has 0 atom stereocenters. The molecule has 0 saturated carbocycles. The first-order chi connectivity index (χ1) is 17.6. The Kier molecular flexibility index (Phi) is 6.06. The number of methoxy groups -OCH3 is 1. The number of alkyl halides is 3. The Balaban J connectivity index is 1.52. The fraction of sp³-hybridized carbons (Fsp3) is 0.192. The summed E-state index contributed by atoms with van der Waals surface area (Å²) in [5.74, 6) is 0.292. The highest BCUT2D eigenvalue weighted by atomic mass is 19.4. The van der Waals surface area contributed by atoms with Crippen molar-refractivity contribution in [2.75, 3.05) is 18.7 Å². The first-order valence-electron chi connectivity index (χ1n) is 11.2. The Morgan fingerprint density at radius 2 is 1.89 bits per heavy atom. The number of carbonyl (C=O) groups is 1. The average molecular weight is 512 g/mol. The van der Waals surface area contributed by atoms with Crippen molar-refractivity contribution in [1.29, 1.82) is 0 Å². The Labute approximate surface area is 208 Å². The number of ether oxygens (including phenoxy) is 2. The molecule has 0 fully saturated rings. The number of anilines is 1. The van der Waals surface area contributed by atoms with Crippen molar-refractivity contribution in [3.05, 3.63) is 77.4 Å². The highest BCUT2D eigenvalue weighted by molar-refractivity contribution is 5.95. The molecule has 2 aromatic heterocycles. The molecule has 3 heterocycles. The Bertz CT molecular complexity index is 1510. The third kappa shape index (κ3) is 4.72. The van der Waals surface area contributed by atoms with Crippen LogP contribution in [0.3, 0.4) is 0 Å². The van der Waals surface area contributed by atoms with Crippen molar-refractivity contribution in [3.8, 4) is 22.8 Å². The largest absolute Gasteiger partial charge is 0.494 e. The monoisotopic (exact) mass is 512 g/mol. The van der Waals surface area contributed by atoms with Gasteiger partial charge in [-0.1, -0.05) is 0 Å². The molecule has 190 valence electrons. The van der Waals surface area contributed by atoms with E-state index in [1.165, 1.54) is 24.1 Å². The first kappa shape index (κ1) is 24.3. The van der Waals surface area contributed by atoms with Crippen molar-refractivity contribution in [2.45, 2.75) is 19.0 Å². The van der Waals surface area contributed by atoms with Crippen molar-refractivity contribution >= 4 is 22.6 Å². The number of aryl methyl sites for hydroxylation is 2. The third-order valence-electron chi connectivity index (χ3n) is 6.04. The fourth-order valence-corrected chi connectivity index (χ4v) is 4.23. The molecular weight excluding hydrogens is 492 g/mol. The van der Waals surface area contributed by atoms with Crippen LogP contribution in [0.2, 0.25) is 0 Å². The second-order valence-corrected chi connectivity index (χ2v) is 8.45. The van der Waals surface area contributed by atoms with Crippen LogP contribution in [0.15, 0.2) is 54.7 Å². The van der Waals surface area contributed by atoms with Gasteiger partial charge in [-0.2, -0.15) is 13.2 Å². The number of halogens is 4. The number of benzene rings is 2. The second-order valence-electron chi connectivity index (χ2n) is 8.45. The highest BCUT2D eigenvalue weighted by Crippen LogP contribution is 2.42. The number of rotatable bonds is 5. The van der Waals surface area contributed by atoms with Gasteiger partial charge in [-0.3, -0.25) is 9.88 Å². The lowest BCUT2D eigenvalue weighted by molar-refractivity contribution is -0.137. The molecule has 0 bridgehead atoms. The lowest BCUT2D eigenvalue weighted by Gasteiger charge is -2.14. The number of nitrogens with zero attached hydrogens (tertiary/aromatic N) is 3. The van der Waals surface area contributed by atoms with Crippen molar-refractivity contribution < 1.29 is 31.8 Å². The highest BCUT2D eigenvalue weighted by Gasteiger charge is 2.32. The zero-order chi connectivity index (χ0) is 26.3. The first-order valence-corrected chi connectivity index (χ1v) is 11.2. The van der Waals surface area contributed by atoms with Gasteiger partial charge < -0.3 is 15.2 Å². The number of aromatic nitrogens is 2. The second kappa shape index (κ2) is 9.23. The minimum Gasteiger partial charge on any atom is -0.494 e. The maximum absolute atomic E-state index is 13.5. The molecule has 37 heavy (non-hydrogen) atoms. The third-order valence-corrected chi connectivity index (χ3v) is 6.04. The number of primary amides is 1. The van der Waals surface area contributed by atoms with E-state index in [0.717, 1.165) is 12.3 Å². The van der Waals surface area contributed by atoms with Gasteiger partial charge in [0.2, 0.25) is 0 Å². The number of pyridine rings is 2. The Hall–Kier alpha value is -4.41. The molecule has 0 radical (unpaired) electrons. The van der Waals surface area contributed by atoms with Crippen LogP contribution in [0.4, 0.5) is 28.0 Å². The van der Waals surface area contributed by atoms with Gasteiger partial charge in [0.05, 0.1) is 18.4 Å². The molecule has 0 spiro atoms. The van der Waals surface area contributed by atoms with E-state index in [1.807, 2.05) is 0 Å². The minimum atomic E-state index is -4.52. The summed E-state index contributed by atoms with van der Waals surface area (Å²) < 4.78 is 64.2. The van der Waals surface area contributed by atoms with Gasteiger partial charge in [-0.15, -0.1) is 0 Å². The molecule has 1 aliphatic rings. The fourth-order valence-electron chi connectivity index (χ4n) is 4.23. The molecule has 2 N–H and O–H groups in total. The number of nitrogens with two attached hydrogens (primary N) is 1. The smallest absolute Gasteiger partial charge is 0.417 e. The predicted octanol–water partition coefficient (Wildman–Crippen LogP) is 5.48. The molecule has 2 amide bonds. The van der Waals surface area contributed by atoms with Crippen LogP contribution >= 0.6 is 0 Å². The SMILES string of the molecule is COc1cc(CCc2cc3c(c(-c4ccc(F)cc4)n2)OCN3C(N)=O)cc2cc(C(F)(F)F)cnc12. The summed E-state index contributed by atoms with van der Waals surface area (Å²) >= 11 is 0. The average Bonchev–Trinajstić information content (AvgIpc) is 3.30. The molecule has 5 rings (SSSR count). The lowest BCUT2D eigenvalue weighted by Crippen LogP contribution is -2.34. The zero-order valence-electron chi connectivity index (χ0n) is 19.5. The number of amides is 2. The van der Waals surface area contributed by atoms with E-state index in [0.29, 0.717) is 63.4 Å². The number of urea groups is 1. The molecule has 0 unspecified atom stereocenters. The van der Waals surface area contributed by atoms with E-state index < -0.39 is 23.6 Å². The number of hydrogen-bond donors (Lipinski definition) is 1. The summed E-state index contributed by atoms with van der Waals surface area (Å²) in [5.41, 5.74) is 7.70. The molecule has 11 heteroatoms. The van der Waals surface area contributed by atoms with Crippen molar-refractivity contribution in [1.82, 2.24) is 9.97 Å². The van der Waals surface area contributed by atoms with E-state index in [-0.39, 0.29) is 6.73 Å². The molecule has 1 aliphatic heterocycles. The molecular formula is C26H20F4N4O3. The van der Waals surface area contributed by atoms with Crippen LogP contribution in [-0.2, 0) is 19.0 Å². The maximum atomic E-state index is 13.5. The molecule has 2 aromatic carbocycles. The predicted molar refractivity (Wildman–Crippen MR) is 128 cm³/mol. The Morgan fingerprint density at radius 1 is 1.14 bits per heavy atom. The zero-order valence-corrected chi connectivity index (χ0v) is 19.5. The Morgan fingerprint density at radius 3 is 2.57 bits per heavy atom. The van der Waals surface area contributed by atoms with Gasteiger partial charge >= 0.3 is 12.2 Å². The van der Waals surface area contributed by atoms with Gasteiger partial charge in [0.25, 0.3) is 0 Å². The van der Waals surface area contributed by atoms with Crippen LogP contribution in [0.1, 0.15) is 16.8 Å². The standard InChI is InChI=1S/C26H20F4N4O3/c1-36-21-9-14(8-16-10-17(26(28,29)30)12-32-22(16)21)2-7-19-11-20-24(37-13-34(20)25(31)35)23(33-19)15-3-5-18(27)6-4-15/h3-6,8-12H,2,7,13H2,1H3,(H2,31,35). The van der Waals surface area contributed by atoms with Crippen LogP contribution in [0.25, 0.3) is 22.2 Å². The van der Waals surface area contributed by atoms with Gasteiger partial charge in [0.1, 0.15) is 22.8 Å². The summed E-state index contributed by atoms with van der Waals surface area (Å²) in [6.07, 6.45) is -2.98. The molecule has 7 nitrogen and oxygen atoms in total. The van der Waals surface area contributed by atoms with E-state index in [9.17, 15) is 22.4 Å². The van der Waals surface area contributed by atoms with Gasteiger partial charge in [-0.05, 0) is 66.9 Å². The molecule has 0 aliphatic carbocycles. The topological polar surface area (TPSA) is 90.6 Å². The van der Waals surface area contributed by atoms with E-state index in [4.69, 9.17) is 15.2 Å². The number of hydrogen-bond acceptors (Lipinski definition) is 5. The van der Waals surface area contributed by atoms with Crippen molar-refractivity contribution in [3.63, 3.8) is 0 Å². The molecule has 0 saturated heterocycles. The normalized spacial score (nSPS) is 12.9. The summed E-state index contributed by atoms with van der Waals surface area (Å²) in [4.78, 5) is 21.8. The van der Waals surface area contributed by atoms with Gasteiger partial charge in [0, 0.05) is 22.8 Å². The number of carbonyl (C=O) groups excluding carboxylic acids is 1. The van der Waals surface area contributed by atoms with E-state index >= 15 is 0 Å². The van der Waals surface area contributed by atoms with Crippen molar-refractivity contribution in [2.24, 2.45) is 5.73 Å². The maximum Gasteiger partial charge on any atom is 0.417 e. The lowest BCUT2D eigenvalue weighted by atomic mass is 10.0. The minimum absolute atomic E-state index is 0.0829.